The summed E-state index contributed by atoms with van der Waals surface area (Å²) in [6.07, 6.45) is 1.80. The molecule has 0 radical (unpaired) electrons. The number of hydrogen-bond acceptors (Lipinski definition) is 1. The first-order chi connectivity index (χ1) is 7.50. The van der Waals surface area contributed by atoms with Gasteiger partial charge in [0.25, 0.3) is 0 Å². The maximum atomic E-state index is 6.12. The fourth-order valence-corrected chi connectivity index (χ4v) is 2.76. The predicted octanol–water partition coefficient (Wildman–Crippen LogP) is 4.80. The van der Waals surface area contributed by atoms with Crippen LogP contribution in [0.2, 0.25) is 15.1 Å². The van der Waals surface area contributed by atoms with Crippen LogP contribution in [0.15, 0.2) is 18.3 Å². The van der Waals surface area contributed by atoms with Gasteiger partial charge in [-0.1, -0.05) is 34.8 Å². The monoisotopic (exact) mass is 292 g/mol. The number of imidazole rings is 1. The molecule has 6 heteroatoms. The maximum Gasteiger partial charge on any atom is 0.182 e. The molecule has 2 rings (SSSR count). The highest BCUT2D eigenvalue weighted by atomic mass is 35.5. The van der Waals surface area contributed by atoms with E-state index >= 15 is 0 Å². The summed E-state index contributed by atoms with van der Waals surface area (Å²) < 4.78 is 2.32. The number of rotatable bonds is 1. The Morgan fingerprint density at radius 3 is 2.19 bits per heavy atom. The van der Waals surface area contributed by atoms with E-state index < -0.39 is 0 Å². The first kappa shape index (κ1) is 12.0. The van der Waals surface area contributed by atoms with Crippen molar-refractivity contribution in [1.82, 2.24) is 9.55 Å². The molecule has 2 aromatic rings. The molecule has 0 saturated carbocycles. The summed E-state index contributed by atoms with van der Waals surface area (Å²) in [6, 6.07) is 3.27. The zero-order chi connectivity index (χ0) is 11.9. The Morgan fingerprint density at radius 1 is 1.19 bits per heavy atom. The van der Waals surface area contributed by atoms with Gasteiger partial charge in [0, 0.05) is 16.9 Å². The molecule has 0 unspecified atom stereocenters. The topological polar surface area (TPSA) is 20.7 Å². The predicted molar refractivity (Wildman–Crippen MR) is 70.7 cm³/mol. The van der Waals surface area contributed by atoms with Gasteiger partial charge in [0.05, 0.1) is 15.7 Å². The number of hydrogen-bond donors (Lipinski definition) is 1. The van der Waals surface area contributed by atoms with Crippen molar-refractivity contribution in [2.45, 2.75) is 6.92 Å². The number of aryl methyl sites for hydroxylation is 1. The van der Waals surface area contributed by atoms with E-state index in [4.69, 9.17) is 47.0 Å². The van der Waals surface area contributed by atoms with E-state index in [-0.39, 0.29) is 0 Å². The first-order valence-corrected chi connectivity index (χ1v) is 5.97. The van der Waals surface area contributed by atoms with E-state index in [9.17, 15) is 0 Å². The van der Waals surface area contributed by atoms with Gasteiger partial charge in [-0.2, -0.15) is 0 Å². The lowest BCUT2D eigenvalue weighted by Gasteiger charge is -2.10. The number of H-pyrrole nitrogens is 1. The number of benzene rings is 1. The number of aromatic amines is 1. The van der Waals surface area contributed by atoms with Crippen molar-refractivity contribution in [3.63, 3.8) is 0 Å². The van der Waals surface area contributed by atoms with Crippen molar-refractivity contribution in [2.75, 3.05) is 0 Å². The van der Waals surface area contributed by atoms with Gasteiger partial charge in [-0.05, 0) is 31.3 Å². The average Bonchev–Trinajstić information content (AvgIpc) is 2.47. The van der Waals surface area contributed by atoms with E-state index in [1.54, 1.807) is 22.9 Å². The Kier molecular flexibility index (Phi) is 3.31. The van der Waals surface area contributed by atoms with Gasteiger partial charge in [-0.25, -0.2) is 0 Å². The smallest absolute Gasteiger partial charge is 0.182 e. The van der Waals surface area contributed by atoms with Gasteiger partial charge in [-0.15, -0.1) is 0 Å². The third-order valence-corrected chi connectivity index (χ3v) is 3.26. The van der Waals surface area contributed by atoms with Crippen molar-refractivity contribution >= 4 is 47.0 Å². The van der Waals surface area contributed by atoms with Crippen LogP contribution in [0.1, 0.15) is 5.69 Å². The molecule has 0 atom stereocenters. The molecule has 1 aromatic heterocycles. The van der Waals surface area contributed by atoms with Gasteiger partial charge in [0.15, 0.2) is 4.77 Å². The molecule has 84 valence electrons. The second kappa shape index (κ2) is 4.41. The van der Waals surface area contributed by atoms with Crippen LogP contribution in [0.25, 0.3) is 5.69 Å². The molecule has 0 amide bonds. The average molecular weight is 294 g/mol. The van der Waals surface area contributed by atoms with Crippen LogP contribution in [0.3, 0.4) is 0 Å². The lowest BCUT2D eigenvalue weighted by atomic mass is 10.3. The summed E-state index contributed by atoms with van der Waals surface area (Å²) >= 11 is 23.3. The minimum absolute atomic E-state index is 0.469. The molecule has 0 aliphatic carbocycles. The molecule has 2 nitrogen and oxygen atoms in total. The summed E-state index contributed by atoms with van der Waals surface area (Å²) in [7, 11) is 0. The van der Waals surface area contributed by atoms with E-state index in [2.05, 4.69) is 4.98 Å². The Bertz CT molecular complexity index is 577. The molecular formula is C10H7Cl3N2S. The molecule has 0 saturated heterocycles. The molecule has 1 N–H and O–H groups in total. The second-order valence-corrected chi connectivity index (χ2v) is 4.93. The lowest BCUT2D eigenvalue weighted by molar-refractivity contribution is 0.985. The normalized spacial score (nSPS) is 10.8. The van der Waals surface area contributed by atoms with Crippen molar-refractivity contribution in [1.29, 1.82) is 0 Å². The van der Waals surface area contributed by atoms with Gasteiger partial charge >= 0.3 is 0 Å². The SMILES string of the molecule is Cc1c[nH]c(=S)n1-c1c(Cl)cc(Cl)cc1Cl. The van der Waals surface area contributed by atoms with Crippen molar-refractivity contribution in [2.24, 2.45) is 0 Å². The highest BCUT2D eigenvalue weighted by Crippen LogP contribution is 2.33. The van der Waals surface area contributed by atoms with Gasteiger partial charge in [-0.3, -0.25) is 4.57 Å². The minimum atomic E-state index is 0.469. The highest BCUT2D eigenvalue weighted by Gasteiger charge is 2.12. The molecule has 0 spiro atoms. The second-order valence-electron chi connectivity index (χ2n) is 3.29. The molecule has 1 heterocycles. The fourth-order valence-electron chi connectivity index (χ4n) is 1.48. The highest BCUT2D eigenvalue weighted by molar-refractivity contribution is 7.71. The van der Waals surface area contributed by atoms with Crippen LogP contribution in [0, 0.1) is 11.7 Å². The van der Waals surface area contributed by atoms with Gasteiger partial charge in [0.2, 0.25) is 0 Å². The number of halogens is 3. The van der Waals surface area contributed by atoms with E-state index in [0.717, 1.165) is 5.69 Å². The van der Waals surface area contributed by atoms with Crippen LogP contribution in [0.5, 0.6) is 0 Å². The zero-order valence-electron chi connectivity index (χ0n) is 8.22. The summed E-state index contributed by atoms with van der Waals surface area (Å²) in [5.74, 6) is 0. The molecule has 0 bridgehead atoms. The summed E-state index contributed by atoms with van der Waals surface area (Å²) in [4.78, 5) is 2.93. The van der Waals surface area contributed by atoms with Crippen LogP contribution < -0.4 is 0 Å². The Hall–Kier alpha value is -0.480. The summed E-state index contributed by atoms with van der Waals surface area (Å²) in [5, 5.41) is 1.44. The van der Waals surface area contributed by atoms with Crippen LogP contribution in [-0.4, -0.2) is 9.55 Å². The van der Waals surface area contributed by atoms with Crippen molar-refractivity contribution in [3.05, 3.63) is 43.9 Å². The van der Waals surface area contributed by atoms with Gasteiger partial charge < -0.3 is 4.98 Å². The van der Waals surface area contributed by atoms with E-state index in [1.165, 1.54) is 0 Å². The molecule has 0 aliphatic heterocycles. The third kappa shape index (κ3) is 2.00. The fraction of sp³-hybridized carbons (Fsp3) is 0.100. The molecule has 16 heavy (non-hydrogen) atoms. The van der Waals surface area contributed by atoms with Crippen LogP contribution in [0.4, 0.5) is 0 Å². The molecule has 0 fully saturated rings. The molecule has 0 aliphatic rings. The van der Waals surface area contributed by atoms with Crippen molar-refractivity contribution < 1.29 is 0 Å². The first-order valence-electron chi connectivity index (χ1n) is 4.42. The van der Waals surface area contributed by atoms with E-state index in [0.29, 0.717) is 25.5 Å². The minimum Gasteiger partial charge on any atom is -0.337 e. The Morgan fingerprint density at radius 2 is 1.75 bits per heavy atom. The largest absolute Gasteiger partial charge is 0.337 e. The molecular weight excluding hydrogens is 287 g/mol. The number of nitrogens with zero attached hydrogens (tertiary/aromatic N) is 1. The standard InChI is InChI=1S/C10H7Cl3N2S/c1-5-4-14-10(16)15(5)9-7(12)2-6(11)3-8(9)13/h2-4H,1H3,(H,14,16). The number of aromatic nitrogens is 2. The zero-order valence-corrected chi connectivity index (χ0v) is 11.3. The summed E-state index contributed by atoms with van der Waals surface area (Å²) in [5.41, 5.74) is 1.58. The quantitative estimate of drug-likeness (QED) is 0.749. The number of nitrogens with one attached hydrogen (secondary N) is 1. The molecule has 1 aromatic carbocycles. The Labute approximate surface area is 113 Å². The van der Waals surface area contributed by atoms with Crippen molar-refractivity contribution in [3.8, 4) is 5.69 Å². The van der Waals surface area contributed by atoms with Gasteiger partial charge in [0.1, 0.15) is 0 Å². The lowest BCUT2D eigenvalue weighted by Crippen LogP contribution is -1.98. The van der Waals surface area contributed by atoms with Crippen LogP contribution >= 0.6 is 47.0 Å². The Balaban J connectivity index is 2.79. The van der Waals surface area contributed by atoms with Crippen LogP contribution in [-0.2, 0) is 0 Å². The van der Waals surface area contributed by atoms with E-state index in [1.807, 2.05) is 6.92 Å². The summed E-state index contributed by atoms with van der Waals surface area (Å²) in [6.45, 7) is 1.91. The third-order valence-electron chi connectivity index (χ3n) is 2.17. The maximum absolute atomic E-state index is 6.12.